The maximum atomic E-state index is 13.5. The molecule has 30 heavy (non-hydrogen) atoms. The number of benzene rings is 1. The summed E-state index contributed by atoms with van der Waals surface area (Å²) >= 11 is 0. The molecule has 0 aliphatic heterocycles. The molecule has 1 aromatic rings. The normalized spacial score (nSPS) is 12.6. The van der Waals surface area contributed by atoms with Gasteiger partial charge in [0, 0.05) is 24.7 Å². The SMILES string of the molecule is C[N+](C)(C)CC(CC(=O)O)NC(=O)CCCCCCCOCc1ccc(F)cc1F. The van der Waals surface area contributed by atoms with E-state index in [1.807, 2.05) is 21.1 Å². The predicted octanol–water partition coefficient (Wildman–Crippen LogP) is 3.49. The van der Waals surface area contributed by atoms with E-state index < -0.39 is 17.6 Å². The van der Waals surface area contributed by atoms with Crippen molar-refractivity contribution >= 4 is 11.9 Å². The summed E-state index contributed by atoms with van der Waals surface area (Å²) in [5.74, 6) is -2.23. The van der Waals surface area contributed by atoms with E-state index in [1.54, 1.807) is 0 Å². The Balaban J connectivity index is 2.10. The van der Waals surface area contributed by atoms with Crippen molar-refractivity contribution in [3.63, 3.8) is 0 Å². The monoisotopic (exact) mass is 429 g/mol. The number of hydrogen-bond acceptors (Lipinski definition) is 3. The van der Waals surface area contributed by atoms with Crippen molar-refractivity contribution < 1.29 is 32.7 Å². The van der Waals surface area contributed by atoms with Gasteiger partial charge < -0.3 is 19.6 Å². The molecule has 0 saturated heterocycles. The zero-order chi connectivity index (χ0) is 22.6. The highest BCUT2D eigenvalue weighted by atomic mass is 19.1. The van der Waals surface area contributed by atoms with Gasteiger partial charge in [-0.15, -0.1) is 0 Å². The molecule has 0 aromatic heterocycles. The van der Waals surface area contributed by atoms with Gasteiger partial charge in [-0.25, -0.2) is 8.78 Å². The van der Waals surface area contributed by atoms with E-state index in [9.17, 15) is 18.4 Å². The van der Waals surface area contributed by atoms with E-state index >= 15 is 0 Å². The number of nitrogens with one attached hydrogen (secondary N) is 1. The molecule has 1 unspecified atom stereocenters. The van der Waals surface area contributed by atoms with Gasteiger partial charge >= 0.3 is 5.97 Å². The van der Waals surface area contributed by atoms with E-state index in [2.05, 4.69) is 5.32 Å². The van der Waals surface area contributed by atoms with Crippen LogP contribution in [0.5, 0.6) is 0 Å². The molecule has 0 spiro atoms. The van der Waals surface area contributed by atoms with Crippen molar-refractivity contribution in [2.24, 2.45) is 0 Å². The van der Waals surface area contributed by atoms with Crippen LogP contribution in [0.25, 0.3) is 0 Å². The van der Waals surface area contributed by atoms with Crippen molar-refractivity contribution in [2.45, 2.75) is 57.6 Å². The number of unbranched alkanes of at least 4 members (excludes halogenated alkanes) is 4. The van der Waals surface area contributed by atoms with Crippen LogP contribution in [0.4, 0.5) is 8.78 Å². The van der Waals surface area contributed by atoms with Crippen LogP contribution in [-0.2, 0) is 20.9 Å². The lowest BCUT2D eigenvalue weighted by Crippen LogP contribution is -2.49. The van der Waals surface area contributed by atoms with Crippen LogP contribution in [0.15, 0.2) is 18.2 Å². The minimum atomic E-state index is -0.918. The van der Waals surface area contributed by atoms with E-state index in [-0.39, 0.29) is 25.0 Å². The first-order valence-corrected chi connectivity index (χ1v) is 10.4. The number of likely N-dealkylation sites (N-methyl/N-ethyl adjacent to an activating group) is 1. The Kier molecular flexibility index (Phi) is 11.5. The fourth-order valence-corrected chi connectivity index (χ4v) is 3.17. The summed E-state index contributed by atoms with van der Waals surface area (Å²) < 4.78 is 32.3. The lowest BCUT2D eigenvalue weighted by atomic mass is 10.1. The second-order valence-electron chi connectivity index (χ2n) is 8.64. The molecule has 8 heteroatoms. The molecule has 170 valence electrons. The molecule has 0 saturated carbocycles. The summed E-state index contributed by atoms with van der Waals surface area (Å²) in [6.45, 7) is 1.18. The smallest absolute Gasteiger partial charge is 0.305 e. The van der Waals surface area contributed by atoms with Crippen LogP contribution in [0.1, 0.15) is 50.5 Å². The highest BCUT2D eigenvalue weighted by molar-refractivity contribution is 5.77. The Morgan fingerprint density at radius 1 is 1.10 bits per heavy atom. The summed E-state index contributed by atoms with van der Waals surface area (Å²) in [5.41, 5.74) is 0.342. The van der Waals surface area contributed by atoms with E-state index in [4.69, 9.17) is 9.84 Å². The topological polar surface area (TPSA) is 75.6 Å². The third kappa shape index (κ3) is 12.5. The van der Waals surface area contributed by atoms with Crippen LogP contribution in [-0.4, -0.2) is 61.8 Å². The standard InChI is InChI=1S/C22H34F2N2O4/c1-26(2,3)15-19(14-22(28)29)25-21(27)9-7-5-4-6-8-12-30-16-17-10-11-18(23)13-20(17)24/h10-11,13,19H,4-9,12,14-16H2,1-3H3,(H-,25,27,28,29)/p+1. The summed E-state index contributed by atoms with van der Waals surface area (Å²) in [7, 11) is 5.88. The maximum Gasteiger partial charge on any atom is 0.305 e. The van der Waals surface area contributed by atoms with Gasteiger partial charge in [0.1, 0.15) is 11.6 Å². The van der Waals surface area contributed by atoms with Gasteiger partial charge in [0.2, 0.25) is 5.91 Å². The first kappa shape index (κ1) is 26.0. The van der Waals surface area contributed by atoms with Gasteiger partial charge in [-0.3, -0.25) is 9.59 Å². The molecule has 1 rings (SSSR count). The molecule has 0 aliphatic carbocycles. The lowest BCUT2D eigenvalue weighted by Gasteiger charge is -2.29. The Hall–Kier alpha value is -2.06. The minimum absolute atomic E-state index is 0.0803. The molecule has 1 amide bonds. The molecule has 2 N–H and O–H groups in total. The number of amides is 1. The molecule has 0 radical (unpaired) electrons. The average molecular weight is 430 g/mol. The van der Waals surface area contributed by atoms with Crippen LogP contribution in [0, 0.1) is 11.6 Å². The van der Waals surface area contributed by atoms with Crippen LogP contribution in [0.3, 0.4) is 0 Å². The van der Waals surface area contributed by atoms with Gasteiger partial charge in [0.25, 0.3) is 0 Å². The number of carbonyl (C=O) groups excluding carboxylic acids is 1. The number of carbonyl (C=O) groups is 2. The Labute approximate surface area is 177 Å². The zero-order valence-corrected chi connectivity index (χ0v) is 18.3. The molecule has 0 heterocycles. The summed E-state index contributed by atoms with van der Waals surface area (Å²) in [4.78, 5) is 23.1. The van der Waals surface area contributed by atoms with Crippen molar-refractivity contribution in [1.82, 2.24) is 5.32 Å². The number of rotatable bonds is 15. The molecular formula is C22H35F2N2O4+. The first-order chi connectivity index (χ1) is 14.1. The third-order valence-electron chi connectivity index (χ3n) is 4.52. The zero-order valence-electron chi connectivity index (χ0n) is 18.3. The number of quaternary nitrogens is 1. The second kappa shape index (κ2) is 13.3. The maximum absolute atomic E-state index is 13.5. The van der Waals surface area contributed by atoms with Gasteiger partial charge in [-0.1, -0.05) is 25.3 Å². The fourth-order valence-electron chi connectivity index (χ4n) is 3.17. The highest BCUT2D eigenvalue weighted by Crippen LogP contribution is 2.12. The first-order valence-electron chi connectivity index (χ1n) is 10.4. The Morgan fingerprint density at radius 3 is 2.40 bits per heavy atom. The van der Waals surface area contributed by atoms with Crippen LogP contribution in [0.2, 0.25) is 0 Å². The average Bonchev–Trinajstić information content (AvgIpc) is 2.59. The van der Waals surface area contributed by atoms with Crippen LogP contribution >= 0.6 is 0 Å². The Bertz CT molecular complexity index is 678. The van der Waals surface area contributed by atoms with Crippen molar-refractivity contribution in [3.8, 4) is 0 Å². The number of halogens is 2. The largest absolute Gasteiger partial charge is 0.481 e. The fraction of sp³-hybridized carbons (Fsp3) is 0.636. The second-order valence-corrected chi connectivity index (χ2v) is 8.64. The van der Waals surface area contributed by atoms with E-state index in [1.165, 1.54) is 12.1 Å². The van der Waals surface area contributed by atoms with Gasteiger partial charge in [-0.2, -0.15) is 0 Å². The van der Waals surface area contributed by atoms with Gasteiger partial charge in [-0.05, 0) is 18.9 Å². The number of hydrogen-bond donors (Lipinski definition) is 2. The molecule has 1 atom stereocenters. The molecule has 0 fully saturated rings. The van der Waals surface area contributed by atoms with Crippen molar-refractivity contribution in [2.75, 3.05) is 34.3 Å². The Morgan fingerprint density at radius 2 is 1.77 bits per heavy atom. The molecule has 0 bridgehead atoms. The summed E-state index contributed by atoms with van der Waals surface area (Å²) in [6.07, 6.45) is 4.68. The van der Waals surface area contributed by atoms with Crippen molar-refractivity contribution in [3.05, 3.63) is 35.4 Å². The third-order valence-corrected chi connectivity index (χ3v) is 4.52. The van der Waals surface area contributed by atoms with Crippen molar-refractivity contribution in [1.29, 1.82) is 0 Å². The predicted molar refractivity (Wildman–Crippen MR) is 111 cm³/mol. The summed E-state index contributed by atoms with van der Waals surface area (Å²) in [5, 5.41) is 11.9. The van der Waals surface area contributed by atoms with Gasteiger partial charge in [0.15, 0.2) is 0 Å². The number of carboxylic acids is 1. The van der Waals surface area contributed by atoms with Crippen LogP contribution < -0.4 is 5.32 Å². The quantitative estimate of drug-likeness (QED) is 0.331. The lowest BCUT2D eigenvalue weighted by molar-refractivity contribution is -0.871. The minimum Gasteiger partial charge on any atom is -0.481 e. The van der Waals surface area contributed by atoms with E-state index in [0.717, 1.165) is 38.2 Å². The molecule has 6 nitrogen and oxygen atoms in total. The number of nitrogens with zero attached hydrogens (tertiary/aromatic N) is 1. The number of aliphatic carboxylic acids is 1. The highest BCUT2D eigenvalue weighted by Gasteiger charge is 2.22. The number of carboxylic acid groups (broad SMARTS) is 1. The van der Waals surface area contributed by atoms with Gasteiger partial charge in [0.05, 0.1) is 46.8 Å². The summed E-state index contributed by atoms with van der Waals surface area (Å²) in [6, 6.07) is 3.07. The number of ether oxygens (including phenoxy) is 1. The molecule has 0 aliphatic rings. The molecular weight excluding hydrogens is 394 g/mol. The van der Waals surface area contributed by atoms with E-state index in [0.29, 0.717) is 29.6 Å². The molecule has 1 aromatic carbocycles.